The summed E-state index contributed by atoms with van der Waals surface area (Å²) in [7, 11) is 0. The van der Waals surface area contributed by atoms with E-state index in [4.69, 9.17) is 9.72 Å². The quantitative estimate of drug-likeness (QED) is 0.549. The highest BCUT2D eigenvalue weighted by Crippen LogP contribution is 2.25. The van der Waals surface area contributed by atoms with Crippen LogP contribution in [0, 0.1) is 26.6 Å². The van der Waals surface area contributed by atoms with Crippen LogP contribution >= 0.6 is 0 Å². The van der Waals surface area contributed by atoms with Gasteiger partial charge in [0.05, 0.1) is 0 Å². The zero-order chi connectivity index (χ0) is 24.1. The Balaban J connectivity index is 1.35. The number of aryl methyl sites for hydroxylation is 3. The molecule has 1 N–H and O–H groups in total. The molecule has 180 valence electrons. The minimum absolute atomic E-state index is 0.177. The van der Waals surface area contributed by atoms with E-state index in [0.717, 1.165) is 49.9 Å². The van der Waals surface area contributed by atoms with Crippen molar-refractivity contribution in [1.82, 2.24) is 14.9 Å². The molecule has 1 atom stereocenters. The van der Waals surface area contributed by atoms with Gasteiger partial charge >= 0.3 is 0 Å². The summed E-state index contributed by atoms with van der Waals surface area (Å²) in [5, 5.41) is 10.4. The average molecular weight is 465 g/mol. The number of anilines is 1. The van der Waals surface area contributed by atoms with E-state index in [-0.39, 0.29) is 12.4 Å². The molecule has 0 radical (unpaired) electrons. The van der Waals surface area contributed by atoms with Crippen molar-refractivity contribution in [3.8, 4) is 5.75 Å². The summed E-state index contributed by atoms with van der Waals surface area (Å²) in [6.07, 6.45) is 0.193. The van der Waals surface area contributed by atoms with E-state index in [0.29, 0.717) is 12.3 Å². The Morgan fingerprint density at radius 2 is 1.62 bits per heavy atom. The Morgan fingerprint density at radius 1 is 0.941 bits per heavy atom. The first kappa shape index (κ1) is 24.1. The first-order chi connectivity index (χ1) is 16.4. The van der Waals surface area contributed by atoms with E-state index in [1.54, 1.807) is 12.1 Å². The van der Waals surface area contributed by atoms with Crippen LogP contribution in [0.2, 0.25) is 0 Å². The van der Waals surface area contributed by atoms with Crippen molar-refractivity contribution in [2.24, 2.45) is 0 Å². The number of piperazine rings is 1. The number of hydrogen-bond acceptors (Lipinski definition) is 6. The predicted molar refractivity (Wildman–Crippen MR) is 132 cm³/mol. The molecule has 7 heteroatoms. The molecule has 34 heavy (non-hydrogen) atoms. The molecule has 3 aromatic rings. The molecule has 1 aliphatic heterocycles. The molecule has 1 fully saturated rings. The molecule has 1 aliphatic rings. The molecule has 2 aromatic carbocycles. The van der Waals surface area contributed by atoms with Crippen molar-refractivity contribution in [3.63, 3.8) is 0 Å². The van der Waals surface area contributed by atoms with Gasteiger partial charge < -0.3 is 14.7 Å². The van der Waals surface area contributed by atoms with Crippen molar-refractivity contribution < 1.29 is 14.2 Å². The second-order valence-electron chi connectivity index (χ2n) is 9.03. The molecule has 2 heterocycles. The minimum atomic E-state index is -0.614. The number of aliphatic hydroxyl groups excluding tert-OH is 1. The molecule has 0 aliphatic carbocycles. The number of halogens is 1. The number of rotatable bonds is 8. The Labute approximate surface area is 201 Å². The monoisotopic (exact) mass is 464 g/mol. The zero-order valence-corrected chi connectivity index (χ0v) is 20.2. The van der Waals surface area contributed by atoms with E-state index in [9.17, 15) is 9.50 Å². The second kappa shape index (κ2) is 10.9. The summed E-state index contributed by atoms with van der Waals surface area (Å²) >= 11 is 0. The fraction of sp³-hybridized carbons (Fsp3) is 0.407. The third-order valence-corrected chi connectivity index (χ3v) is 6.20. The Hall–Kier alpha value is -3.03. The second-order valence-corrected chi connectivity index (χ2v) is 9.03. The molecule has 1 saturated heterocycles. The molecular formula is C27H33FN4O2. The molecule has 0 saturated carbocycles. The van der Waals surface area contributed by atoms with Gasteiger partial charge in [-0.1, -0.05) is 29.8 Å². The van der Waals surface area contributed by atoms with Crippen molar-refractivity contribution in [1.29, 1.82) is 0 Å². The van der Waals surface area contributed by atoms with Gasteiger partial charge in [0, 0.05) is 50.4 Å². The normalized spacial score (nSPS) is 15.4. The zero-order valence-electron chi connectivity index (χ0n) is 20.2. The van der Waals surface area contributed by atoms with Gasteiger partial charge in [0.1, 0.15) is 35.9 Å². The van der Waals surface area contributed by atoms with Crippen molar-refractivity contribution in [2.75, 3.05) is 44.2 Å². The summed E-state index contributed by atoms with van der Waals surface area (Å²) in [5.74, 6) is 2.06. The van der Waals surface area contributed by atoms with E-state index < -0.39 is 6.10 Å². The minimum Gasteiger partial charge on any atom is -0.491 e. The lowest BCUT2D eigenvalue weighted by molar-refractivity contribution is 0.0662. The maximum absolute atomic E-state index is 13.0. The lowest BCUT2D eigenvalue weighted by Gasteiger charge is -2.37. The average Bonchev–Trinajstić information content (AvgIpc) is 2.82. The standard InChI is InChI=1S/C27H33FN4O2/c1-19-4-6-22(7-5-19)16-26-20(2)29-21(3)30-27(26)32-14-12-31(13-15-32)17-24(33)18-34-25-10-8-23(28)9-11-25/h4-11,24,33H,12-18H2,1-3H3. The fourth-order valence-electron chi connectivity index (χ4n) is 4.31. The highest BCUT2D eigenvalue weighted by molar-refractivity contribution is 5.51. The number of aliphatic hydroxyl groups is 1. The van der Waals surface area contributed by atoms with Crippen LogP contribution in [0.1, 0.15) is 28.2 Å². The van der Waals surface area contributed by atoms with Crippen LogP contribution in [0.5, 0.6) is 5.75 Å². The summed E-state index contributed by atoms with van der Waals surface area (Å²) in [5.41, 5.74) is 4.71. The van der Waals surface area contributed by atoms with Gasteiger partial charge in [-0.3, -0.25) is 4.90 Å². The van der Waals surface area contributed by atoms with Gasteiger partial charge in [0.2, 0.25) is 0 Å². The van der Waals surface area contributed by atoms with Gasteiger partial charge in [-0.25, -0.2) is 14.4 Å². The van der Waals surface area contributed by atoms with Gasteiger partial charge in [-0.2, -0.15) is 0 Å². The predicted octanol–water partition coefficient (Wildman–Crippen LogP) is 3.69. The third-order valence-electron chi connectivity index (χ3n) is 6.20. The van der Waals surface area contributed by atoms with E-state index in [1.165, 1.54) is 28.8 Å². The first-order valence-electron chi connectivity index (χ1n) is 11.8. The number of benzene rings is 2. The Morgan fingerprint density at radius 3 is 2.29 bits per heavy atom. The van der Waals surface area contributed by atoms with Gasteiger partial charge in [0.25, 0.3) is 0 Å². The highest BCUT2D eigenvalue weighted by atomic mass is 19.1. The molecule has 0 bridgehead atoms. The number of β-amino-alcohol motifs (C(OH)–C–C–N with tert-alkyl or cyclic N) is 1. The van der Waals surface area contributed by atoms with Crippen molar-refractivity contribution >= 4 is 5.82 Å². The molecule has 1 unspecified atom stereocenters. The summed E-state index contributed by atoms with van der Waals surface area (Å²) in [6, 6.07) is 14.5. The van der Waals surface area contributed by atoms with Gasteiger partial charge in [0.15, 0.2) is 0 Å². The molecule has 0 spiro atoms. The molecule has 0 amide bonds. The van der Waals surface area contributed by atoms with Crippen LogP contribution < -0.4 is 9.64 Å². The lowest BCUT2D eigenvalue weighted by Crippen LogP contribution is -2.49. The molecule has 6 nitrogen and oxygen atoms in total. The summed E-state index contributed by atoms with van der Waals surface area (Å²) in [6.45, 7) is 10.2. The van der Waals surface area contributed by atoms with Crippen LogP contribution in [0.3, 0.4) is 0 Å². The molecular weight excluding hydrogens is 431 g/mol. The molecule has 4 rings (SSSR count). The topological polar surface area (TPSA) is 61.7 Å². The largest absolute Gasteiger partial charge is 0.491 e. The summed E-state index contributed by atoms with van der Waals surface area (Å²) < 4.78 is 18.6. The van der Waals surface area contributed by atoms with Gasteiger partial charge in [-0.15, -0.1) is 0 Å². The Kier molecular flexibility index (Phi) is 7.75. The van der Waals surface area contributed by atoms with Crippen LogP contribution in [-0.2, 0) is 6.42 Å². The Bertz CT molecular complexity index is 1080. The number of nitrogens with zero attached hydrogens (tertiary/aromatic N) is 4. The lowest BCUT2D eigenvalue weighted by atomic mass is 10.0. The van der Waals surface area contributed by atoms with Gasteiger partial charge in [-0.05, 0) is 50.6 Å². The summed E-state index contributed by atoms with van der Waals surface area (Å²) in [4.78, 5) is 14.0. The van der Waals surface area contributed by atoms with Crippen LogP contribution in [-0.4, -0.2) is 65.4 Å². The smallest absolute Gasteiger partial charge is 0.136 e. The van der Waals surface area contributed by atoms with Crippen molar-refractivity contribution in [2.45, 2.75) is 33.3 Å². The van der Waals surface area contributed by atoms with Crippen LogP contribution in [0.15, 0.2) is 48.5 Å². The third kappa shape index (κ3) is 6.30. The van der Waals surface area contributed by atoms with E-state index >= 15 is 0 Å². The maximum atomic E-state index is 13.0. The molecule has 1 aromatic heterocycles. The SMILES string of the molecule is Cc1ccc(Cc2c(C)nc(C)nc2N2CCN(CC(O)COc3ccc(F)cc3)CC2)cc1. The van der Waals surface area contributed by atoms with Crippen LogP contribution in [0.4, 0.5) is 10.2 Å². The fourth-order valence-corrected chi connectivity index (χ4v) is 4.31. The first-order valence-corrected chi connectivity index (χ1v) is 11.8. The van der Waals surface area contributed by atoms with E-state index in [1.807, 2.05) is 6.92 Å². The van der Waals surface area contributed by atoms with Crippen molar-refractivity contribution in [3.05, 3.63) is 82.6 Å². The maximum Gasteiger partial charge on any atom is 0.136 e. The number of aromatic nitrogens is 2. The number of hydrogen-bond donors (Lipinski definition) is 1. The van der Waals surface area contributed by atoms with E-state index in [2.05, 4.69) is 52.9 Å². The highest BCUT2D eigenvalue weighted by Gasteiger charge is 2.23. The number of ether oxygens (including phenoxy) is 1. The van der Waals surface area contributed by atoms with Crippen LogP contribution in [0.25, 0.3) is 0 Å².